The zero-order valence-corrected chi connectivity index (χ0v) is 27.0. The van der Waals surface area contributed by atoms with E-state index in [0.717, 1.165) is 47.6 Å². The van der Waals surface area contributed by atoms with Crippen LogP contribution in [0.4, 0.5) is 20.3 Å². The SMILES string of the molecule is Cc1cc(C[C@@H](OC(=O)N2CCC(N3Cc4ccsc4NC3=O)CC2)C(=O)N2CCC(N3CCCCC3)CC2)cc(Cl)c1N. The minimum atomic E-state index is -0.962. The van der Waals surface area contributed by atoms with Gasteiger partial charge in [0, 0.05) is 50.2 Å². The number of nitrogens with two attached hydrogens (primary N) is 1. The van der Waals surface area contributed by atoms with Gasteiger partial charge in [-0.25, -0.2) is 9.59 Å². The van der Waals surface area contributed by atoms with Crippen molar-refractivity contribution in [3.63, 3.8) is 0 Å². The van der Waals surface area contributed by atoms with Gasteiger partial charge >= 0.3 is 12.1 Å². The predicted molar refractivity (Wildman–Crippen MR) is 173 cm³/mol. The molecule has 238 valence electrons. The van der Waals surface area contributed by atoms with E-state index in [4.69, 9.17) is 22.1 Å². The zero-order chi connectivity index (χ0) is 30.8. The fraction of sp³-hybridized carbons (Fsp3) is 0.594. The number of urea groups is 1. The number of benzene rings is 1. The minimum Gasteiger partial charge on any atom is -0.436 e. The molecule has 0 spiro atoms. The largest absolute Gasteiger partial charge is 0.436 e. The van der Waals surface area contributed by atoms with Gasteiger partial charge in [-0.05, 0) is 87.2 Å². The second kappa shape index (κ2) is 13.5. The van der Waals surface area contributed by atoms with E-state index in [1.807, 2.05) is 34.2 Å². The van der Waals surface area contributed by atoms with Crippen molar-refractivity contribution in [2.75, 3.05) is 50.3 Å². The predicted octanol–water partition coefficient (Wildman–Crippen LogP) is 5.33. The van der Waals surface area contributed by atoms with Crippen LogP contribution in [0.25, 0.3) is 0 Å². The molecule has 3 fully saturated rings. The van der Waals surface area contributed by atoms with Crippen molar-refractivity contribution in [1.29, 1.82) is 0 Å². The van der Waals surface area contributed by atoms with Crippen LogP contribution in [0.2, 0.25) is 5.02 Å². The highest BCUT2D eigenvalue weighted by molar-refractivity contribution is 7.14. The Hall–Kier alpha value is -3.02. The molecule has 12 heteroatoms. The number of amides is 4. The molecule has 3 saturated heterocycles. The number of nitrogens with one attached hydrogen (secondary N) is 1. The van der Waals surface area contributed by atoms with Gasteiger partial charge < -0.3 is 30.1 Å². The van der Waals surface area contributed by atoms with Crippen LogP contribution >= 0.6 is 22.9 Å². The van der Waals surface area contributed by atoms with Crippen molar-refractivity contribution < 1.29 is 19.1 Å². The van der Waals surface area contributed by atoms with Crippen LogP contribution in [-0.4, -0.2) is 95.1 Å². The summed E-state index contributed by atoms with van der Waals surface area (Å²) in [4.78, 5) is 48.1. The fourth-order valence-corrected chi connectivity index (χ4v) is 8.21. The first-order valence-corrected chi connectivity index (χ1v) is 17.2. The highest BCUT2D eigenvalue weighted by Gasteiger charge is 2.37. The molecule has 1 aromatic heterocycles. The summed E-state index contributed by atoms with van der Waals surface area (Å²) in [5, 5.41) is 6.31. The van der Waals surface area contributed by atoms with Crippen molar-refractivity contribution >= 4 is 51.7 Å². The van der Waals surface area contributed by atoms with Crippen LogP contribution in [0.1, 0.15) is 61.6 Å². The first-order valence-electron chi connectivity index (χ1n) is 15.9. The number of likely N-dealkylation sites (tertiary alicyclic amines) is 3. The maximum atomic E-state index is 13.9. The minimum absolute atomic E-state index is 0.0330. The highest BCUT2D eigenvalue weighted by Crippen LogP contribution is 2.32. The van der Waals surface area contributed by atoms with Crippen LogP contribution in [0, 0.1) is 6.92 Å². The Bertz CT molecular complexity index is 1340. The maximum absolute atomic E-state index is 13.9. The molecule has 44 heavy (non-hydrogen) atoms. The lowest BCUT2D eigenvalue weighted by Crippen LogP contribution is -2.53. The van der Waals surface area contributed by atoms with E-state index in [9.17, 15) is 14.4 Å². The Morgan fingerprint density at radius 1 is 1.02 bits per heavy atom. The van der Waals surface area contributed by atoms with Crippen molar-refractivity contribution in [3.05, 3.63) is 45.3 Å². The highest BCUT2D eigenvalue weighted by atomic mass is 35.5. The topological polar surface area (TPSA) is 111 Å². The number of hydrogen-bond acceptors (Lipinski definition) is 7. The molecular formula is C32H43ClN6O4S. The number of nitrogens with zero attached hydrogens (tertiary/aromatic N) is 4. The Kier molecular flexibility index (Phi) is 9.53. The fourth-order valence-electron chi connectivity index (χ4n) is 7.12. The van der Waals surface area contributed by atoms with E-state index >= 15 is 0 Å². The van der Waals surface area contributed by atoms with Gasteiger partial charge in [-0.15, -0.1) is 11.3 Å². The summed E-state index contributed by atoms with van der Waals surface area (Å²) in [5.74, 6) is -0.160. The number of nitrogen functional groups attached to an aromatic ring is 1. The van der Waals surface area contributed by atoms with Gasteiger partial charge in [0.2, 0.25) is 0 Å². The van der Waals surface area contributed by atoms with Crippen molar-refractivity contribution in [2.24, 2.45) is 0 Å². The summed E-state index contributed by atoms with van der Waals surface area (Å²) < 4.78 is 6.02. The van der Waals surface area contributed by atoms with Gasteiger partial charge in [0.25, 0.3) is 5.91 Å². The van der Waals surface area contributed by atoms with Gasteiger partial charge in [-0.1, -0.05) is 24.1 Å². The molecule has 0 saturated carbocycles. The summed E-state index contributed by atoms with van der Waals surface area (Å²) in [6.07, 6.45) is 5.74. The molecule has 2 aromatic rings. The summed E-state index contributed by atoms with van der Waals surface area (Å²) in [6, 6.07) is 6.16. The van der Waals surface area contributed by atoms with Crippen LogP contribution in [0.3, 0.4) is 0 Å². The van der Waals surface area contributed by atoms with Gasteiger partial charge in [-0.2, -0.15) is 0 Å². The molecule has 1 atom stereocenters. The van der Waals surface area contributed by atoms with Crippen LogP contribution < -0.4 is 11.1 Å². The lowest BCUT2D eigenvalue weighted by Gasteiger charge is -2.41. The molecule has 0 bridgehead atoms. The summed E-state index contributed by atoms with van der Waals surface area (Å²) >= 11 is 7.92. The van der Waals surface area contributed by atoms with Crippen molar-refractivity contribution in [2.45, 2.75) is 83.0 Å². The first-order chi connectivity index (χ1) is 21.3. The van der Waals surface area contributed by atoms with E-state index in [-0.39, 0.29) is 24.4 Å². The molecule has 0 aliphatic carbocycles. The summed E-state index contributed by atoms with van der Waals surface area (Å²) in [7, 11) is 0. The van der Waals surface area contributed by atoms with E-state index in [0.29, 0.717) is 62.3 Å². The maximum Gasteiger partial charge on any atom is 0.410 e. The Balaban J connectivity index is 1.09. The Labute approximate surface area is 268 Å². The first kappa shape index (κ1) is 31.0. The Morgan fingerprint density at radius 2 is 1.70 bits per heavy atom. The quantitative estimate of drug-likeness (QED) is 0.412. The number of aryl methyl sites for hydroxylation is 1. The van der Waals surface area contributed by atoms with Gasteiger partial charge in [0.15, 0.2) is 6.10 Å². The summed E-state index contributed by atoms with van der Waals surface area (Å²) in [6.45, 7) is 6.97. The van der Waals surface area contributed by atoms with Gasteiger partial charge in [-0.3, -0.25) is 10.1 Å². The molecule has 1 aromatic carbocycles. The molecule has 5 heterocycles. The molecule has 6 rings (SSSR count). The molecule has 0 unspecified atom stereocenters. The third-order valence-corrected chi connectivity index (χ3v) is 10.9. The normalized spacial score (nSPS) is 21.1. The molecule has 3 N–H and O–H groups in total. The lowest BCUT2D eigenvalue weighted by molar-refractivity contribution is -0.142. The van der Waals surface area contributed by atoms with Gasteiger partial charge in [0.05, 0.1) is 17.3 Å². The number of rotatable bonds is 6. The van der Waals surface area contributed by atoms with Crippen LogP contribution in [0.5, 0.6) is 0 Å². The second-order valence-corrected chi connectivity index (χ2v) is 13.9. The summed E-state index contributed by atoms with van der Waals surface area (Å²) in [5.41, 5.74) is 9.33. The Morgan fingerprint density at radius 3 is 2.41 bits per heavy atom. The molecular weight excluding hydrogens is 600 g/mol. The molecule has 4 amide bonds. The number of piperidine rings is 3. The van der Waals surface area contributed by atoms with E-state index < -0.39 is 12.2 Å². The molecule has 4 aliphatic rings. The number of halogens is 1. The number of thiophene rings is 1. The van der Waals surface area contributed by atoms with Crippen molar-refractivity contribution in [3.8, 4) is 0 Å². The molecule has 10 nitrogen and oxygen atoms in total. The molecule has 0 radical (unpaired) electrons. The van der Waals surface area contributed by atoms with E-state index in [2.05, 4.69) is 10.2 Å². The zero-order valence-electron chi connectivity index (χ0n) is 25.4. The number of carbonyl (C=O) groups is 3. The lowest BCUT2D eigenvalue weighted by atomic mass is 9.98. The third kappa shape index (κ3) is 6.79. The van der Waals surface area contributed by atoms with Crippen molar-refractivity contribution in [1.82, 2.24) is 19.6 Å². The third-order valence-electron chi connectivity index (χ3n) is 9.75. The number of fused-ring (bicyclic) bond motifs is 1. The van der Waals surface area contributed by atoms with E-state index in [1.165, 1.54) is 30.6 Å². The number of hydrogen-bond donors (Lipinski definition) is 2. The average Bonchev–Trinajstić information content (AvgIpc) is 3.50. The number of anilines is 2. The smallest absolute Gasteiger partial charge is 0.410 e. The van der Waals surface area contributed by atoms with Crippen LogP contribution in [0.15, 0.2) is 23.6 Å². The van der Waals surface area contributed by atoms with Gasteiger partial charge in [0.1, 0.15) is 5.00 Å². The standard InChI is InChI=1S/C32H43ClN6O4S/c1-21-17-22(18-26(33)28(21)34)19-27(30(40)37-12-5-24(6-13-37)36-10-3-2-4-11-36)43-32(42)38-14-7-25(8-15-38)39-20-23-9-16-44-29(23)35-31(39)41/h9,16-18,24-25,27H,2-8,10-15,19-20,34H2,1H3,(H,35,41)/t27-/m1/s1. The number of ether oxygens (including phenoxy) is 1. The van der Waals surface area contributed by atoms with E-state index in [1.54, 1.807) is 11.0 Å². The monoisotopic (exact) mass is 642 g/mol. The second-order valence-electron chi connectivity index (χ2n) is 12.6. The number of carbonyl (C=O) groups excluding carboxylic acids is 3. The molecule has 4 aliphatic heterocycles. The van der Waals surface area contributed by atoms with Crippen LogP contribution in [-0.2, 0) is 22.5 Å². The average molecular weight is 643 g/mol.